The molecule has 0 amide bonds. The molecule has 1 aliphatic heterocycles. The minimum atomic E-state index is -1.04. The maximum atomic E-state index is 12.7. The molecule has 0 aromatic carbocycles. The number of allylic oxidation sites excluding steroid dienone is 3. The summed E-state index contributed by atoms with van der Waals surface area (Å²) >= 11 is 0. The molecule has 3 fully saturated rings. The second-order valence-corrected chi connectivity index (χ2v) is 11.0. The van der Waals surface area contributed by atoms with Gasteiger partial charge in [0.25, 0.3) is 0 Å². The second kappa shape index (κ2) is 6.88. The largest absolute Gasteiger partial charge is 0.389 e. The van der Waals surface area contributed by atoms with Gasteiger partial charge in [0.2, 0.25) is 0 Å². The number of aldehydes is 1. The van der Waals surface area contributed by atoms with E-state index >= 15 is 0 Å². The first-order valence-electron chi connectivity index (χ1n) is 11.3. The van der Waals surface area contributed by atoms with E-state index in [2.05, 4.69) is 33.8 Å². The van der Waals surface area contributed by atoms with Crippen LogP contribution in [0.2, 0.25) is 0 Å². The van der Waals surface area contributed by atoms with Crippen LogP contribution in [0.25, 0.3) is 0 Å². The standard InChI is InChI=1S/C25H36O4/c1-15(2)10-18-11-16(3)25(29-18)9-8-23(4)12-19-22(20(27)13-24(19,5)28)17(14-26)6-7-21(23)25/h6,10,14,16,18-19,21-22,28H,7-9,11-13H2,1-5H3/t16-,18-,19?,21?,22?,23?,24+,25-/m0/s1. The Balaban J connectivity index is 1.74. The molecule has 0 aromatic rings. The first-order valence-corrected chi connectivity index (χ1v) is 11.3. The van der Waals surface area contributed by atoms with Crippen molar-refractivity contribution in [2.45, 2.75) is 90.4 Å². The molecule has 4 aliphatic rings. The van der Waals surface area contributed by atoms with E-state index < -0.39 is 11.5 Å². The predicted octanol–water partition coefficient (Wildman–Crippen LogP) is 4.41. The smallest absolute Gasteiger partial charge is 0.146 e. The van der Waals surface area contributed by atoms with Crippen molar-refractivity contribution in [1.82, 2.24) is 0 Å². The number of ether oxygens (including phenoxy) is 1. The van der Waals surface area contributed by atoms with Gasteiger partial charge in [-0.25, -0.2) is 0 Å². The number of ketones is 1. The maximum absolute atomic E-state index is 12.7. The predicted molar refractivity (Wildman–Crippen MR) is 112 cm³/mol. The molecule has 1 N–H and O–H groups in total. The van der Waals surface area contributed by atoms with Gasteiger partial charge in [-0.2, -0.15) is 0 Å². The molecule has 4 rings (SSSR count). The van der Waals surface area contributed by atoms with Crippen molar-refractivity contribution in [3.05, 3.63) is 23.3 Å². The van der Waals surface area contributed by atoms with Crippen molar-refractivity contribution in [1.29, 1.82) is 0 Å². The molecule has 160 valence electrons. The average molecular weight is 401 g/mol. The van der Waals surface area contributed by atoms with Crippen LogP contribution in [-0.2, 0) is 14.3 Å². The third kappa shape index (κ3) is 3.18. The zero-order valence-corrected chi connectivity index (χ0v) is 18.5. The summed E-state index contributed by atoms with van der Waals surface area (Å²) in [6, 6.07) is 0. The number of aliphatic hydroxyl groups is 1. The van der Waals surface area contributed by atoms with E-state index in [4.69, 9.17) is 4.74 Å². The lowest BCUT2D eigenvalue weighted by Gasteiger charge is -2.45. The van der Waals surface area contributed by atoms with Gasteiger partial charge in [-0.1, -0.05) is 31.6 Å². The first kappa shape index (κ1) is 21.0. The van der Waals surface area contributed by atoms with E-state index in [9.17, 15) is 14.7 Å². The zero-order chi connectivity index (χ0) is 21.2. The van der Waals surface area contributed by atoms with Crippen LogP contribution in [0.3, 0.4) is 0 Å². The Labute approximate surface area is 174 Å². The van der Waals surface area contributed by atoms with Gasteiger partial charge in [-0.15, -0.1) is 0 Å². The van der Waals surface area contributed by atoms with Crippen molar-refractivity contribution in [3.8, 4) is 0 Å². The molecule has 0 aromatic heterocycles. The SMILES string of the molecule is CC(C)=C[C@H]1C[C@H](C)[C@]2(CCC3(C)CC4C(C(=O)C[C@@]4(C)O)C(C=O)=CCC32)O1. The quantitative estimate of drug-likeness (QED) is 0.551. The topological polar surface area (TPSA) is 63.6 Å². The highest BCUT2D eigenvalue weighted by Gasteiger charge is 2.63. The van der Waals surface area contributed by atoms with Gasteiger partial charge in [-0.3, -0.25) is 9.59 Å². The van der Waals surface area contributed by atoms with Crippen molar-refractivity contribution >= 4 is 12.1 Å². The molecule has 4 heteroatoms. The highest BCUT2D eigenvalue weighted by molar-refractivity contribution is 5.94. The van der Waals surface area contributed by atoms with E-state index in [-0.39, 0.29) is 35.2 Å². The maximum Gasteiger partial charge on any atom is 0.146 e. The Morgan fingerprint density at radius 1 is 1.28 bits per heavy atom. The first-order chi connectivity index (χ1) is 13.5. The van der Waals surface area contributed by atoms with Gasteiger partial charge in [0.1, 0.15) is 12.1 Å². The number of rotatable bonds is 2. The molecular weight excluding hydrogens is 364 g/mol. The fourth-order valence-electron chi connectivity index (χ4n) is 7.28. The van der Waals surface area contributed by atoms with Gasteiger partial charge < -0.3 is 9.84 Å². The summed E-state index contributed by atoms with van der Waals surface area (Å²) in [6.07, 6.45) is 10.0. The Bertz CT molecular complexity index is 774. The molecule has 4 nitrogen and oxygen atoms in total. The van der Waals surface area contributed by atoms with Gasteiger partial charge >= 0.3 is 0 Å². The number of carbonyl (C=O) groups excluding carboxylic acids is 2. The van der Waals surface area contributed by atoms with Crippen LogP contribution in [0.4, 0.5) is 0 Å². The Morgan fingerprint density at radius 3 is 2.66 bits per heavy atom. The number of hydrogen-bond donors (Lipinski definition) is 1. The molecule has 3 aliphatic carbocycles. The molecule has 0 radical (unpaired) electrons. The zero-order valence-electron chi connectivity index (χ0n) is 18.5. The molecule has 2 saturated carbocycles. The third-order valence-corrected chi connectivity index (χ3v) is 8.68. The molecular formula is C25H36O4. The summed E-state index contributed by atoms with van der Waals surface area (Å²) in [4.78, 5) is 24.6. The minimum absolute atomic E-state index is 0.00341. The van der Waals surface area contributed by atoms with E-state index in [1.54, 1.807) is 6.92 Å². The van der Waals surface area contributed by atoms with E-state index in [0.717, 1.165) is 38.4 Å². The molecule has 1 saturated heterocycles. The fraction of sp³-hybridized carbons (Fsp3) is 0.760. The molecule has 29 heavy (non-hydrogen) atoms. The van der Waals surface area contributed by atoms with Crippen LogP contribution in [0.5, 0.6) is 0 Å². The van der Waals surface area contributed by atoms with Gasteiger partial charge in [0, 0.05) is 12.3 Å². The van der Waals surface area contributed by atoms with Crippen molar-refractivity contribution in [3.63, 3.8) is 0 Å². The number of Topliss-reactive ketones (excluding diaryl/α,β-unsaturated/α-hetero) is 1. The van der Waals surface area contributed by atoms with Crippen LogP contribution in [0, 0.1) is 29.1 Å². The Morgan fingerprint density at radius 2 is 2.00 bits per heavy atom. The number of fused-ring (bicyclic) bond motifs is 3. The molecule has 0 bridgehead atoms. The monoisotopic (exact) mass is 400 g/mol. The van der Waals surface area contributed by atoms with E-state index in [1.165, 1.54) is 5.57 Å². The minimum Gasteiger partial charge on any atom is -0.389 e. The molecule has 4 unspecified atom stereocenters. The van der Waals surface area contributed by atoms with Gasteiger partial charge in [-0.05, 0) is 75.7 Å². The molecule has 1 spiro atoms. The van der Waals surface area contributed by atoms with Crippen LogP contribution >= 0.6 is 0 Å². The third-order valence-electron chi connectivity index (χ3n) is 8.68. The number of carbonyl (C=O) groups is 2. The van der Waals surface area contributed by atoms with Crippen LogP contribution < -0.4 is 0 Å². The second-order valence-electron chi connectivity index (χ2n) is 11.0. The summed E-state index contributed by atoms with van der Waals surface area (Å²) in [7, 11) is 0. The normalized spacial score (nSPS) is 49.2. The summed E-state index contributed by atoms with van der Waals surface area (Å²) in [5.74, 6) is 0.117. The summed E-state index contributed by atoms with van der Waals surface area (Å²) in [5, 5.41) is 11.1. The highest BCUT2D eigenvalue weighted by atomic mass is 16.5. The Hall–Kier alpha value is -1.26. The summed E-state index contributed by atoms with van der Waals surface area (Å²) < 4.78 is 6.79. The summed E-state index contributed by atoms with van der Waals surface area (Å²) in [6.45, 7) is 10.7. The lowest BCUT2D eigenvalue weighted by Crippen LogP contribution is -2.46. The highest BCUT2D eigenvalue weighted by Crippen LogP contribution is 2.64. The average Bonchev–Trinajstić information content (AvgIpc) is 3.12. The van der Waals surface area contributed by atoms with Crippen LogP contribution in [0.15, 0.2) is 23.3 Å². The van der Waals surface area contributed by atoms with Crippen LogP contribution in [-0.4, -0.2) is 34.5 Å². The van der Waals surface area contributed by atoms with Gasteiger partial charge in [0.15, 0.2) is 0 Å². The lowest BCUT2D eigenvalue weighted by molar-refractivity contribution is -0.122. The molecule has 8 atom stereocenters. The van der Waals surface area contributed by atoms with Crippen molar-refractivity contribution < 1.29 is 19.4 Å². The lowest BCUT2D eigenvalue weighted by atomic mass is 9.62. The fourth-order valence-corrected chi connectivity index (χ4v) is 7.28. The van der Waals surface area contributed by atoms with Crippen molar-refractivity contribution in [2.24, 2.45) is 29.1 Å². The van der Waals surface area contributed by atoms with Crippen LogP contribution in [0.1, 0.15) is 73.1 Å². The van der Waals surface area contributed by atoms with Crippen molar-refractivity contribution in [2.75, 3.05) is 0 Å². The van der Waals surface area contributed by atoms with E-state index in [1.807, 2.05) is 6.08 Å². The van der Waals surface area contributed by atoms with Gasteiger partial charge in [0.05, 0.1) is 23.2 Å². The van der Waals surface area contributed by atoms with E-state index in [0.29, 0.717) is 17.4 Å². The Kier molecular flexibility index (Phi) is 4.98. The molecule has 1 heterocycles. The summed E-state index contributed by atoms with van der Waals surface area (Å²) in [5.41, 5.74) is 0.628. The number of hydrogen-bond acceptors (Lipinski definition) is 4.